The summed E-state index contributed by atoms with van der Waals surface area (Å²) in [6.07, 6.45) is 1.43. The molecule has 0 aliphatic heterocycles. The van der Waals surface area contributed by atoms with Crippen LogP contribution in [0.5, 0.6) is 11.5 Å². The molecule has 30 heavy (non-hydrogen) atoms. The topological polar surface area (TPSA) is 77.8 Å². The van der Waals surface area contributed by atoms with Crippen LogP contribution in [0.15, 0.2) is 77.4 Å². The molecule has 0 unspecified atom stereocenters. The number of anilines is 1. The number of nitrogens with one attached hydrogen (secondary N) is 1. The lowest BCUT2D eigenvalue weighted by atomic mass is 10.1. The highest BCUT2D eigenvalue weighted by atomic mass is 16.5. The Balaban J connectivity index is 1.54. The Morgan fingerprint density at radius 1 is 0.900 bits per heavy atom. The molecule has 1 amide bonds. The second-order valence-corrected chi connectivity index (χ2v) is 6.73. The third-order valence-corrected chi connectivity index (χ3v) is 4.70. The first-order chi connectivity index (χ1) is 14.5. The van der Waals surface area contributed by atoms with Crippen LogP contribution in [0.3, 0.4) is 0 Å². The average molecular weight is 401 g/mol. The van der Waals surface area contributed by atoms with E-state index < -0.39 is 11.9 Å². The zero-order valence-corrected chi connectivity index (χ0v) is 16.5. The molecule has 4 aromatic rings. The zero-order valence-electron chi connectivity index (χ0n) is 16.5. The molecule has 0 aliphatic carbocycles. The molecule has 1 N–H and O–H groups in total. The molecular formula is C24H19NO5. The third kappa shape index (κ3) is 4.03. The number of fused-ring (bicyclic) bond motifs is 1. The maximum atomic E-state index is 12.7. The molecule has 0 saturated heterocycles. The Hall–Kier alpha value is -4.06. The van der Waals surface area contributed by atoms with E-state index in [4.69, 9.17) is 13.9 Å². The molecule has 0 aliphatic rings. The molecule has 6 heteroatoms. The summed E-state index contributed by atoms with van der Waals surface area (Å²) in [6.45, 7) is 1.84. The maximum absolute atomic E-state index is 12.7. The van der Waals surface area contributed by atoms with E-state index in [0.717, 1.165) is 22.1 Å². The van der Waals surface area contributed by atoms with Gasteiger partial charge in [0.25, 0.3) is 5.91 Å². The molecule has 0 fully saturated rings. The standard InChI is InChI=1S/C24H19NO5/c1-15-5-6-17(14-21(15)25-23(26)22-4-3-11-29-22)24(27)30-20-10-8-16-7-9-19(28-2)12-18(16)13-20/h3-14H,1-2H3,(H,25,26). The highest BCUT2D eigenvalue weighted by Crippen LogP contribution is 2.26. The van der Waals surface area contributed by atoms with Gasteiger partial charge in [-0.3, -0.25) is 4.79 Å². The van der Waals surface area contributed by atoms with E-state index in [9.17, 15) is 9.59 Å². The summed E-state index contributed by atoms with van der Waals surface area (Å²) in [5.41, 5.74) is 1.64. The van der Waals surface area contributed by atoms with Gasteiger partial charge >= 0.3 is 5.97 Å². The number of furan rings is 1. The lowest BCUT2D eigenvalue weighted by Gasteiger charge is -2.10. The number of aryl methyl sites for hydroxylation is 1. The Bertz CT molecular complexity index is 1230. The van der Waals surface area contributed by atoms with Crippen molar-refractivity contribution in [2.24, 2.45) is 0 Å². The summed E-state index contributed by atoms with van der Waals surface area (Å²) < 4.78 is 15.9. The molecule has 1 heterocycles. The maximum Gasteiger partial charge on any atom is 0.343 e. The Labute approximate surface area is 173 Å². The number of carbonyl (C=O) groups is 2. The summed E-state index contributed by atoms with van der Waals surface area (Å²) in [5.74, 6) is 0.417. The fourth-order valence-corrected chi connectivity index (χ4v) is 3.03. The van der Waals surface area contributed by atoms with Crippen molar-refractivity contribution in [3.8, 4) is 11.5 Å². The van der Waals surface area contributed by atoms with E-state index in [0.29, 0.717) is 17.0 Å². The monoisotopic (exact) mass is 401 g/mol. The first kappa shape index (κ1) is 19.3. The van der Waals surface area contributed by atoms with Gasteiger partial charge in [0.2, 0.25) is 0 Å². The number of carbonyl (C=O) groups excluding carboxylic acids is 2. The third-order valence-electron chi connectivity index (χ3n) is 4.70. The van der Waals surface area contributed by atoms with Gasteiger partial charge < -0.3 is 19.2 Å². The molecule has 0 atom stereocenters. The predicted octanol–water partition coefficient (Wildman–Crippen LogP) is 5.22. The van der Waals surface area contributed by atoms with Crippen molar-refractivity contribution in [1.82, 2.24) is 0 Å². The van der Waals surface area contributed by atoms with Gasteiger partial charge in [-0.15, -0.1) is 0 Å². The summed E-state index contributed by atoms with van der Waals surface area (Å²) >= 11 is 0. The van der Waals surface area contributed by atoms with Crippen LogP contribution in [0.4, 0.5) is 5.69 Å². The molecule has 0 spiro atoms. The fraction of sp³-hybridized carbons (Fsp3) is 0.0833. The Morgan fingerprint density at radius 2 is 1.67 bits per heavy atom. The number of methoxy groups -OCH3 is 1. The molecule has 6 nitrogen and oxygen atoms in total. The van der Waals surface area contributed by atoms with Crippen molar-refractivity contribution in [1.29, 1.82) is 0 Å². The van der Waals surface area contributed by atoms with E-state index in [1.54, 1.807) is 49.6 Å². The molecular weight excluding hydrogens is 382 g/mol. The summed E-state index contributed by atoms with van der Waals surface area (Å²) in [7, 11) is 1.60. The molecule has 3 aromatic carbocycles. The highest BCUT2D eigenvalue weighted by molar-refractivity contribution is 6.03. The van der Waals surface area contributed by atoms with Gasteiger partial charge in [0, 0.05) is 5.69 Å². The highest BCUT2D eigenvalue weighted by Gasteiger charge is 2.14. The van der Waals surface area contributed by atoms with Crippen molar-refractivity contribution < 1.29 is 23.5 Å². The Morgan fingerprint density at radius 3 is 2.40 bits per heavy atom. The van der Waals surface area contributed by atoms with E-state index in [2.05, 4.69) is 5.32 Å². The molecule has 0 bridgehead atoms. The van der Waals surface area contributed by atoms with E-state index in [-0.39, 0.29) is 5.76 Å². The van der Waals surface area contributed by atoms with Crippen molar-refractivity contribution in [3.05, 3.63) is 89.9 Å². The van der Waals surface area contributed by atoms with Crippen molar-refractivity contribution in [2.45, 2.75) is 6.92 Å². The second kappa shape index (κ2) is 8.13. The predicted molar refractivity (Wildman–Crippen MR) is 113 cm³/mol. The number of ether oxygens (including phenoxy) is 2. The number of rotatable bonds is 5. The van der Waals surface area contributed by atoms with Gasteiger partial charge in [-0.25, -0.2) is 4.79 Å². The minimum absolute atomic E-state index is 0.189. The van der Waals surface area contributed by atoms with Crippen LogP contribution in [0.25, 0.3) is 10.8 Å². The van der Waals surface area contributed by atoms with Gasteiger partial charge in [-0.2, -0.15) is 0 Å². The zero-order chi connectivity index (χ0) is 21.1. The van der Waals surface area contributed by atoms with Crippen LogP contribution >= 0.6 is 0 Å². The van der Waals surface area contributed by atoms with Crippen LogP contribution in [-0.4, -0.2) is 19.0 Å². The largest absolute Gasteiger partial charge is 0.497 e. The van der Waals surface area contributed by atoms with Crippen molar-refractivity contribution in [3.63, 3.8) is 0 Å². The quantitative estimate of drug-likeness (QED) is 0.366. The number of hydrogen-bond donors (Lipinski definition) is 1. The SMILES string of the molecule is COc1ccc2ccc(OC(=O)c3ccc(C)c(NC(=O)c4ccco4)c3)cc2c1. The van der Waals surface area contributed by atoms with Gasteiger partial charge in [-0.05, 0) is 71.8 Å². The summed E-state index contributed by atoms with van der Waals surface area (Å²) in [4.78, 5) is 24.9. The summed E-state index contributed by atoms with van der Waals surface area (Å²) in [6, 6.07) is 19.3. The number of esters is 1. The smallest absolute Gasteiger partial charge is 0.343 e. The van der Waals surface area contributed by atoms with Crippen LogP contribution < -0.4 is 14.8 Å². The van der Waals surface area contributed by atoms with Crippen LogP contribution in [0.2, 0.25) is 0 Å². The molecule has 150 valence electrons. The normalized spacial score (nSPS) is 10.6. The number of hydrogen-bond acceptors (Lipinski definition) is 5. The minimum Gasteiger partial charge on any atom is -0.497 e. The average Bonchev–Trinajstić information content (AvgIpc) is 3.29. The van der Waals surface area contributed by atoms with Gasteiger partial charge in [0.1, 0.15) is 11.5 Å². The van der Waals surface area contributed by atoms with Crippen LogP contribution in [0, 0.1) is 6.92 Å². The van der Waals surface area contributed by atoms with Crippen LogP contribution in [0.1, 0.15) is 26.5 Å². The minimum atomic E-state index is -0.522. The second-order valence-electron chi connectivity index (χ2n) is 6.73. The van der Waals surface area contributed by atoms with Gasteiger partial charge in [0.15, 0.2) is 5.76 Å². The van der Waals surface area contributed by atoms with E-state index >= 15 is 0 Å². The molecule has 0 radical (unpaired) electrons. The number of benzene rings is 3. The summed E-state index contributed by atoms with van der Waals surface area (Å²) in [5, 5.41) is 4.66. The van der Waals surface area contributed by atoms with Crippen molar-refractivity contribution in [2.75, 3.05) is 12.4 Å². The van der Waals surface area contributed by atoms with E-state index in [1.165, 1.54) is 6.26 Å². The number of amides is 1. The van der Waals surface area contributed by atoms with E-state index in [1.807, 2.05) is 31.2 Å². The lowest BCUT2D eigenvalue weighted by molar-refractivity contribution is 0.0734. The molecule has 1 aromatic heterocycles. The van der Waals surface area contributed by atoms with Crippen molar-refractivity contribution >= 4 is 28.3 Å². The Kier molecular flexibility index (Phi) is 5.22. The first-order valence-corrected chi connectivity index (χ1v) is 9.29. The fourth-order valence-electron chi connectivity index (χ4n) is 3.03. The molecule has 4 rings (SSSR count). The lowest BCUT2D eigenvalue weighted by Crippen LogP contribution is -2.14. The first-order valence-electron chi connectivity index (χ1n) is 9.29. The van der Waals surface area contributed by atoms with Gasteiger partial charge in [0.05, 0.1) is 18.9 Å². The molecule has 0 saturated carbocycles. The van der Waals surface area contributed by atoms with Crippen LogP contribution in [-0.2, 0) is 0 Å². The van der Waals surface area contributed by atoms with Gasteiger partial charge in [-0.1, -0.05) is 18.2 Å².